The van der Waals surface area contributed by atoms with Crippen molar-refractivity contribution in [2.24, 2.45) is 0 Å². The summed E-state index contributed by atoms with van der Waals surface area (Å²) in [5.74, 6) is -0.430. The highest BCUT2D eigenvalue weighted by atomic mass is 127. The van der Waals surface area contributed by atoms with Crippen LogP contribution in [0.2, 0.25) is 0 Å². The van der Waals surface area contributed by atoms with Gasteiger partial charge in [0.2, 0.25) is 0 Å². The number of halogens is 1. The van der Waals surface area contributed by atoms with Crippen molar-refractivity contribution in [1.82, 2.24) is 9.88 Å². The number of amides is 1. The molecule has 2 heterocycles. The molecule has 0 saturated carbocycles. The maximum absolute atomic E-state index is 11.7. The van der Waals surface area contributed by atoms with E-state index in [1.54, 1.807) is 12.4 Å². The van der Waals surface area contributed by atoms with Crippen LogP contribution in [0.5, 0.6) is 0 Å². The van der Waals surface area contributed by atoms with Crippen molar-refractivity contribution >= 4 is 12.0 Å². The van der Waals surface area contributed by atoms with E-state index in [1.807, 2.05) is 10.8 Å². The molecule has 1 amide bonds. The van der Waals surface area contributed by atoms with Crippen LogP contribution < -0.4 is 33.9 Å². The first-order valence-electron chi connectivity index (χ1n) is 5.25. The van der Waals surface area contributed by atoms with Gasteiger partial charge in [-0.3, -0.25) is 0 Å². The summed E-state index contributed by atoms with van der Waals surface area (Å²) in [7, 11) is 1.31. The fourth-order valence-corrected chi connectivity index (χ4v) is 1.86. The maximum Gasteiger partial charge on any atom is 0.414 e. The Bertz CT molecular complexity index is 484. The number of imidazole rings is 1. The highest BCUT2D eigenvalue weighted by molar-refractivity contribution is 5.86. The molecule has 1 atom stereocenters. The van der Waals surface area contributed by atoms with Gasteiger partial charge in [-0.25, -0.2) is 14.2 Å². The van der Waals surface area contributed by atoms with Gasteiger partial charge in [-0.05, 0) is 0 Å². The van der Waals surface area contributed by atoms with Gasteiger partial charge in [0.15, 0.2) is 5.69 Å². The summed E-state index contributed by atoms with van der Waals surface area (Å²) in [5.41, 5.74) is 0.783. The van der Waals surface area contributed by atoms with Gasteiger partial charge in [-0.1, -0.05) is 12.7 Å². The minimum atomic E-state index is -0.605. The summed E-state index contributed by atoms with van der Waals surface area (Å²) in [5, 5.41) is 2.59. The van der Waals surface area contributed by atoms with E-state index >= 15 is 0 Å². The van der Waals surface area contributed by atoms with Crippen LogP contribution >= 0.6 is 0 Å². The van der Waals surface area contributed by atoms with E-state index in [-0.39, 0.29) is 30.0 Å². The highest BCUT2D eigenvalue weighted by Gasteiger charge is 2.34. The van der Waals surface area contributed by atoms with E-state index in [0.717, 1.165) is 5.69 Å². The molecule has 0 fully saturated rings. The van der Waals surface area contributed by atoms with Crippen LogP contribution in [-0.4, -0.2) is 29.7 Å². The first-order chi connectivity index (χ1) is 8.15. The largest absolute Gasteiger partial charge is 1.00 e. The Hall–Kier alpha value is -1.38. The predicted octanol–water partition coefficient (Wildman–Crippen LogP) is -3.38. The van der Waals surface area contributed by atoms with E-state index in [9.17, 15) is 9.59 Å². The first kappa shape index (κ1) is 14.7. The molecule has 0 saturated heterocycles. The molecule has 0 bridgehead atoms. The zero-order chi connectivity index (χ0) is 12.4. The Morgan fingerprint density at radius 3 is 3.11 bits per heavy atom. The average molecular weight is 363 g/mol. The molecule has 1 aliphatic heterocycles. The monoisotopic (exact) mass is 363 g/mol. The maximum atomic E-state index is 11.7. The van der Waals surface area contributed by atoms with Crippen molar-refractivity contribution in [3.05, 3.63) is 30.9 Å². The minimum Gasteiger partial charge on any atom is -1.00 e. The molecule has 98 valence electrons. The summed E-state index contributed by atoms with van der Waals surface area (Å²) >= 11 is 0. The van der Waals surface area contributed by atoms with Gasteiger partial charge in [0.25, 0.3) is 6.33 Å². The van der Waals surface area contributed by atoms with E-state index in [1.165, 1.54) is 11.7 Å². The lowest BCUT2D eigenvalue weighted by Crippen LogP contribution is -3.00. The van der Waals surface area contributed by atoms with Gasteiger partial charge in [-0.15, -0.1) is 4.57 Å². The molecule has 6 nitrogen and oxygen atoms in total. The standard InChI is InChI=1S/C11H13N3O3.HI/c1-3-4-13-6-8-5-9(10(15)17-2)12-11(16)14(8)7-13;/h3,6-7,9H,1,4-5H2,2H3;1H/t9-;/m0./s1. The first-order valence-corrected chi connectivity index (χ1v) is 5.25. The number of fused-ring (bicyclic) bond motifs is 1. The van der Waals surface area contributed by atoms with Gasteiger partial charge >= 0.3 is 12.0 Å². The third kappa shape index (κ3) is 2.71. The smallest absolute Gasteiger partial charge is 0.414 e. The number of hydrogen-bond acceptors (Lipinski definition) is 3. The summed E-state index contributed by atoms with van der Waals surface area (Å²) in [6.45, 7) is 4.25. The van der Waals surface area contributed by atoms with Gasteiger partial charge < -0.3 is 34.0 Å². The van der Waals surface area contributed by atoms with Crippen LogP contribution in [0.25, 0.3) is 0 Å². The van der Waals surface area contributed by atoms with E-state index < -0.39 is 12.0 Å². The number of nitrogens with zero attached hydrogens (tertiary/aromatic N) is 2. The van der Waals surface area contributed by atoms with Crippen LogP contribution in [0.3, 0.4) is 0 Å². The minimum absolute atomic E-state index is 0. The Morgan fingerprint density at radius 2 is 2.50 bits per heavy atom. The van der Waals surface area contributed by atoms with Crippen LogP contribution in [0.4, 0.5) is 4.79 Å². The Kier molecular flexibility index (Phi) is 4.88. The number of methoxy groups -OCH3 is 1. The number of esters is 1. The van der Waals surface area contributed by atoms with Crippen molar-refractivity contribution in [2.75, 3.05) is 7.11 Å². The molecule has 1 aromatic rings. The second-order valence-corrected chi connectivity index (χ2v) is 3.82. The zero-order valence-corrected chi connectivity index (χ0v) is 12.1. The molecular weight excluding hydrogens is 349 g/mol. The topological polar surface area (TPSA) is 64.2 Å². The molecule has 18 heavy (non-hydrogen) atoms. The lowest BCUT2D eigenvalue weighted by Gasteiger charge is -2.17. The Morgan fingerprint density at radius 1 is 1.78 bits per heavy atom. The summed E-state index contributed by atoms with van der Waals surface area (Å²) in [6, 6.07) is -0.920. The number of carbonyl (C=O) groups excluding carboxylic acids is 2. The van der Waals surface area contributed by atoms with Crippen molar-refractivity contribution in [1.29, 1.82) is 0 Å². The lowest BCUT2D eigenvalue weighted by atomic mass is 10.1. The Balaban J connectivity index is 0.00000162. The number of ether oxygens (including phenoxy) is 1. The highest BCUT2D eigenvalue weighted by Crippen LogP contribution is 2.09. The fraction of sp³-hybridized carbons (Fsp3) is 0.364. The number of carbonyl (C=O) groups is 2. The van der Waals surface area contributed by atoms with Gasteiger partial charge in [0.05, 0.1) is 7.11 Å². The number of aromatic nitrogens is 2. The van der Waals surface area contributed by atoms with Crippen LogP contribution in [0, 0.1) is 0 Å². The second-order valence-electron chi connectivity index (χ2n) is 3.82. The van der Waals surface area contributed by atoms with Gasteiger partial charge in [0, 0.05) is 6.42 Å². The second kappa shape index (κ2) is 5.98. The van der Waals surface area contributed by atoms with E-state index in [0.29, 0.717) is 13.0 Å². The molecule has 0 aliphatic carbocycles. The third-order valence-corrected chi connectivity index (χ3v) is 2.64. The fourth-order valence-electron chi connectivity index (χ4n) is 1.86. The lowest BCUT2D eigenvalue weighted by molar-refractivity contribution is -0.686. The molecule has 0 aromatic carbocycles. The quantitative estimate of drug-likeness (QED) is 0.264. The van der Waals surface area contributed by atoms with Gasteiger partial charge in [-0.2, -0.15) is 0 Å². The molecule has 1 aromatic heterocycles. The van der Waals surface area contributed by atoms with E-state index in [4.69, 9.17) is 0 Å². The molecule has 1 N–H and O–H groups in total. The van der Waals surface area contributed by atoms with Crippen molar-refractivity contribution in [3.8, 4) is 0 Å². The van der Waals surface area contributed by atoms with Gasteiger partial charge in [0.1, 0.15) is 18.8 Å². The summed E-state index contributed by atoms with van der Waals surface area (Å²) in [6.07, 6.45) is 5.68. The molecule has 0 spiro atoms. The van der Waals surface area contributed by atoms with Crippen molar-refractivity contribution < 1.29 is 42.9 Å². The average Bonchev–Trinajstić information content (AvgIpc) is 2.71. The Labute approximate surface area is 122 Å². The molecule has 2 rings (SSSR count). The SMILES string of the molecule is C=CC[n+]1cc2n(c1)C(=O)N[C@H](C(=O)OC)C2.[I-]. The van der Waals surface area contributed by atoms with E-state index in [2.05, 4.69) is 16.6 Å². The molecule has 0 unspecified atom stereocenters. The van der Waals surface area contributed by atoms with Crippen LogP contribution in [0.1, 0.15) is 5.69 Å². The molecule has 7 heteroatoms. The third-order valence-electron chi connectivity index (χ3n) is 2.64. The van der Waals surface area contributed by atoms with Crippen molar-refractivity contribution in [2.45, 2.75) is 19.0 Å². The normalized spacial score (nSPS) is 17.2. The summed E-state index contributed by atoms with van der Waals surface area (Å²) < 4.78 is 7.95. The zero-order valence-electron chi connectivity index (χ0n) is 9.93. The van der Waals surface area contributed by atoms with Crippen LogP contribution in [-0.2, 0) is 22.5 Å². The van der Waals surface area contributed by atoms with Crippen molar-refractivity contribution in [3.63, 3.8) is 0 Å². The molecule has 1 aliphatic rings. The van der Waals surface area contributed by atoms with Crippen LogP contribution in [0.15, 0.2) is 25.2 Å². The molecule has 0 radical (unpaired) electrons. The number of allylic oxidation sites excluding steroid dienone is 1. The summed E-state index contributed by atoms with van der Waals surface area (Å²) in [4.78, 5) is 23.1. The number of hydrogen-bond donors (Lipinski definition) is 1. The molecular formula is C11H14IN3O3. The number of rotatable bonds is 3. The number of nitrogens with one attached hydrogen (secondary N) is 1. The predicted molar refractivity (Wildman–Crippen MR) is 58.3 cm³/mol.